The van der Waals surface area contributed by atoms with Crippen LogP contribution >= 0.6 is 0 Å². The van der Waals surface area contributed by atoms with Crippen molar-refractivity contribution in [3.05, 3.63) is 58.7 Å². The second-order valence-electron chi connectivity index (χ2n) is 9.95. The molecule has 0 aliphatic carbocycles. The van der Waals surface area contributed by atoms with Gasteiger partial charge in [-0.25, -0.2) is 4.79 Å². The summed E-state index contributed by atoms with van der Waals surface area (Å²) >= 11 is 0. The lowest BCUT2D eigenvalue weighted by Gasteiger charge is -2.37. The molecule has 2 saturated heterocycles. The van der Waals surface area contributed by atoms with E-state index in [1.807, 2.05) is 13.8 Å². The summed E-state index contributed by atoms with van der Waals surface area (Å²) in [5, 5.41) is 17.6. The van der Waals surface area contributed by atoms with Crippen molar-refractivity contribution < 1.29 is 36.2 Å². The van der Waals surface area contributed by atoms with Gasteiger partial charge in [-0.15, -0.1) is 0 Å². The Labute approximate surface area is 223 Å². The minimum absolute atomic E-state index is 0.0283. The molecule has 1 N–H and O–H groups in total. The molecular weight excluding hydrogens is 524 g/mol. The zero-order valence-corrected chi connectivity index (χ0v) is 21.7. The van der Waals surface area contributed by atoms with Crippen molar-refractivity contribution in [2.75, 3.05) is 22.9 Å². The number of rotatable bonds is 3. The molecule has 0 spiro atoms. The molecule has 2 aliphatic heterocycles. The smallest absolute Gasteiger partial charge is 0.418 e. The number of alkyl halides is 6. The first-order valence-corrected chi connectivity index (χ1v) is 12.8. The van der Waals surface area contributed by atoms with E-state index in [0.29, 0.717) is 13.1 Å². The van der Waals surface area contributed by atoms with Gasteiger partial charge in [0.2, 0.25) is 0 Å². The molecule has 0 aromatic heterocycles. The van der Waals surface area contributed by atoms with Crippen LogP contribution in [0.2, 0.25) is 0 Å². The summed E-state index contributed by atoms with van der Waals surface area (Å²) in [7, 11) is 0. The van der Waals surface area contributed by atoms with Crippen molar-refractivity contribution in [3.8, 4) is 6.07 Å². The summed E-state index contributed by atoms with van der Waals surface area (Å²) in [6, 6.07) is 8.93. The van der Waals surface area contributed by atoms with Crippen LogP contribution in [-0.4, -0.2) is 36.2 Å². The summed E-state index contributed by atoms with van der Waals surface area (Å²) in [6.45, 7) is 5.04. The van der Waals surface area contributed by atoms with Crippen LogP contribution in [0.3, 0.4) is 0 Å². The zero-order chi connectivity index (χ0) is 29.0. The van der Waals surface area contributed by atoms with E-state index < -0.39 is 29.4 Å². The molecule has 2 heterocycles. The van der Waals surface area contributed by atoms with E-state index in [4.69, 9.17) is 10.4 Å². The minimum Gasteiger partial charge on any atom is -0.478 e. The fourth-order valence-corrected chi connectivity index (χ4v) is 5.14. The highest BCUT2D eigenvalue weighted by atomic mass is 19.4. The SMILES string of the molecule is CC1CCCCN1c1ccc(C#N)cc1C(F)(F)F.CC1CCCCN1c1ccc(C(=O)O)cc1C(F)(F)F. The van der Waals surface area contributed by atoms with Gasteiger partial charge in [-0.1, -0.05) is 0 Å². The van der Waals surface area contributed by atoms with Gasteiger partial charge in [0, 0.05) is 36.5 Å². The van der Waals surface area contributed by atoms with Gasteiger partial charge < -0.3 is 14.9 Å². The van der Waals surface area contributed by atoms with Crippen LogP contribution in [0, 0.1) is 11.3 Å². The number of benzene rings is 2. The van der Waals surface area contributed by atoms with Gasteiger partial charge in [-0.2, -0.15) is 31.6 Å². The summed E-state index contributed by atoms with van der Waals surface area (Å²) in [5.74, 6) is -1.35. The number of piperidine rings is 2. The molecule has 2 aliphatic rings. The van der Waals surface area contributed by atoms with Crippen molar-refractivity contribution >= 4 is 17.3 Å². The van der Waals surface area contributed by atoms with Gasteiger partial charge >= 0.3 is 18.3 Å². The summed E-state index contributed by atoms with van der Waals surface area (Å²) in [4.78, 5) is 14.4. The molecule has 0 amide bonds. The molecule has 2 fully saturated rings. The Kier molecular flexibility index (Phi) is 9.41. The van der Waals surface area contributed by atoms with Crippen LogP contribution in [0.4, 0.5) is 37.7 Å². The number of carboxylic acid groups (broad SMARTS) is 1. The molecule has 2 aromatic rings. The Bertz CT molecular complexity index is 1210. The molecule has 39 heavy (non-hydrogen) atoms. The van der Waals surface area contributed by atoms with Crippen LogP contribution in [-0.2, 0) is 12.4 Å². The molecule has 4 rings (SSSR count). The fourth-order valence-electron chi connectivity index (χ4n) is 5.14. The zero-order valence-electron chi connectivity index (χ0n) is 21.7. The van der Waals surface area contributed by atoms with E-state index >= 15 is 0 Å². The normalized spacial score (nSPS) is 20.1. The molecule has 2 atom stereocenters. The molecule has 0 bridgehead atoms. The number of nitriles is 1. The van der Waals surface area contributed by atoms with Gasteiger partial charge in [0.25, 0.3) is 0 Å². The maximum absolute atomic E-state index is 13.2. The minimum atomic E-state index is -4.56. The first-order valence-electron chi connectivity index (χ1n) is 12.8. The molecule has 0 radical (unpaired) electrons. The third kappa shape index (κ3) is 7.37. The van der Waals surface area contributed by atoms with Crippen LogP contribution in [0.15, 0.2) is 36.4 Å². The summed E-state index contributed by atoms with van der Waals surface area (Å²) in [6.07, 6.45) is -3.43. The highest BCUT2D eigenvalue weighted by molar-refractivity contribution is 5.88. The quantitative estimate of drug-likeness (QED) is 0.393. The van der Waals surface area contributed by atoms with E-state index in [0.717, 1.165) is 50.7 Å². The van der Waals surface area contributed by atoms with E-state index in [2.05, 4.69) is 0 Å². The van der Waals surface area contributed by atoms with E-state index in [-0.39, 0.29) is 34.6 Å². The fraction of sp³-hybridized carbons (Fsp3) is 0.500. The number of carbonyl (C=O) groups is 1. The average Bonchev–Trinajstić information content (AvgIpc) is 2.88. The van der Waals surface area contributed by atoms with Crippen LogP contribution in [0.5, 0.6) is 0 Å². The number of anilines is 2. The number of nitrogens with zero attached hydrogens (tertiary/aromatic N) is 3. The largest absolute Gasteiger partial charge is 0.478 e. The lowest BCUT2D eigenvalue weighted by atomic mass is 9.99. The highest BCUT2D eigenvalue weighted by Gasteiger charge is 2.38. The average molecular weight is 556 g/mol. The highest BCUT2D eigenvalue weighted by Crippen LogP contribution is 2.40. The van der Waals surface area contributed by atoms with Crippen molar-refractivity contribution in [2.24, 2.45) is 0 Å². The maximum atomic E-state index is 13.2. The maximum Gasteiger partial charge on any atom is 0.418 e. The van der Waals surface area contributed by atoms with Crippen LogP contribution in [0.25, 0.3) is 0 Å². The third-order valence-electron chi connectivity index (χ3n) is 7.20. The van der Waals surface area contributed by atoms with Gasteiger partial charge in [0.05, 0.1) is 28.3 Å². The van der Waals surface area contributed by atoms with Crippen LogP contribution in [0.1, 0.15) is 79.4 Å². The lowest BCUT2D eigenvalue weighted by Crippen LogP contribution is -2.38. The van der Waals surface area contributed by atoms with E-state index in [1.54, 1.807) is 15.9 Å². The molecule has 2 unspecified atom stereocenters. The topological polar surface area (TPSA) is 67.6 Å². The van der Waals surface area contributed by atoms with Crippen molar-refractivity contribution in [3.63, 3.8) is 0 Å². The monoisotopic (exact) mass is 555 g/mol. The summed E-state index contributed by atoms with van der Waals surface area (Å²) in [5.41, 5.74) is -1.61. The standard InChI is InChI=1S/C14H15F3N2.C14H16F3NO2/c1-10-4-2-3-7-19(10)13-6-5-11(9-18)8-12(13)14(15,16)17;1-9-4-2-3-7-18(9)12-6-5-10(13(19)20)8-11(12)14(15,16)17/h5-6,8,10H,2-4,7H2,1H3;5-6,8-9H,2-4,7H2,1H3,(H,19,20). The van der Waals surface area contributed by atoms with Crippen molar-refractivity contribution in [1.82, 2.24) is 0 Å². The Morgan fingerprint density at radius 1 is 0.821 bits per heavy atom. The lowest BCUT2D eigenvalue weighted by molar-refractivity contribution is -0.138. The number of hydrogen-bond donors (Lipinski definition) is 1. The van der Waals surface area contributed by atoms with Crippen molar-refractivity contribution in [1.29, 1.82) is 5.26 Å². The van der Waals surface area contributed by atoms with Gasteiger partial charge in [0.1, 0.15) is 0 Å². The van der Waals surface area contributed by atoms with E-state index in [1.165, 1.54) is 24.3 Å². The van der Waals surface area contributed by atoms with Gasteiger partial charge in [0.15, 0.2) is 0 Å². The van der Waals surface area contributed by atoms with E-state index in [9.17, 15) is 31.1 Å². The molecule has 11 heteroatoms. The second kappa shape index (κ2) is 12.2. The predicted molar refractivity (Wildman–Crippen MR) is 136 cm³/mol. The number of aromatic carboxylic acids is 1. The predicted octanol–water partition coefficient (Wildman–Crippen LogP) is 7.74. The first-order chi connectivity index (χ1) is 18.2. The Hall–Kier alpha value is -3.42. The molecule has 5 nitrogen and oxygen atoms in total. The Morgan fingerprint density at radius 3 is 1.69 bits per heavy atom. The Morgan fingerprint density at radius 2 is 1.28 bits per heavy atom. The number of halogens is 6. The molecular formula is C28H31F6N3O2. The second-order valence-corrected chi connectivity index (χ2v) is 9.95. The molecule has 2 aromatic carbocycles. The Balaban J connectivity index is 0.000000216. The first kappa shape index (κ1) is 30.1. The number of carboxylic acids is 1. The molecule has 0 saturated carbocycles. The third-order valence-corrected chi connectivity index (χ3v) is 7.20. The van der Waals surface area contributed by atoms with Crippen molar-refractivity contribution in [2.45, 2.75) is 76.8 Å². The number of hydrogen-bond acceptors (Lipinski definition) is 4. The molecule has 212 valence electrons. The van der Waals surface area contributed by atoms with Gasteiger partial charge in [-0.3, -0.25) is 0 Å². The van der Waals surface area contributed by atoms with Crippen LogP contribution < -0.4 is 9.80 Å². The van der Waals surface area contributed by atoms with Gasteiger partial charge in [-0.05, 0) is 88.8 Å². The summed E-state index contributed by atoms with van der Waals surface area (Å²) < 4.78 is 78.8.